The molecule has 9 heteroatoms. The molecule has 0 aliphatic rings. The summed E-state index contributed by atoms with van der Waals surface area (Å²) in [5, 5.41) is 2.56. The van der Waals surface area contributed by atoms with Crippen molar-refractivity contribution in [2.24, 2.45) is 7.05 Å². The molecule has 1 amide bonds. The molecule has 0 aliphatic heterocycles. The summed E-state index contributed by atoms with van der Waals surface area (Å²) in [6, 6.07) is 4.70. The Kier molecular flexibility index (Phi) is 4.45. The number of carbonyl (C=O) groups excluding carboxylic acids is 1. The van der Waals surface area contributed by atoms with Crippen LogP contribution in [0, 0.1) is 0 Å². The fraction of sp³-hybridized carbons (Fsp3) is 0.176. The molecule has 0 unspecified atom stereocenters. The Hall–Kier alpha value is -3.23. The molecule has 0 fully saturated rings. The number of hydrogen-bond donors (Lipinski definition) is 1. The number of aryl methyl sites for hydroxylation is 1. The van der Waals surface area contributed by atoms with Gasteiger partial charge in [0.1, 0.15) is 11.2 Å². The van der Waals surface area contributed by atoms with E-state index in [9.17, 15) is 18.0 Å². The Morgan fingerprint density at radius 3 is 2.58 bits per heavy atom. The van der Waals surface area contributed by atoms with Gasteiger partial charge in [0.25, 0.3) is 0 Å². The second kappa shape index (κ2) is 6.58. The lowest BCUT2D eigenvalue weighted by Crippen LogP contribution is -2.21. The maximum atomic E-state index is 12.8. The van der Waals surface area contributed by atoms with Crippen LogP contribution in [0.2, 0.25) is 0 Å². The number of aromatic nitrogens is 4. The summed E-state index contributed by atoms with van der Waals surface area (Å²) in [5.41, 5.74) is 1.16. The summed E-state index contributed by atoms with van der Waals surface area (Å²) in [7, 11) is 1.74. The first-order valence-electron chi connectivity index (χ1n) is 7.55. The number of nitrogens with zero attached hydrogens (tertiary/aromatic N) is 4. The smallest absolute Gasteiger partial charge is 0.345 e. The lowest BCUT2D eigenvalue weighted by molar-refractivity contribution is -0.137. The van der Waals surface area contributed by atoms with Gasteiger partial charge in [0.05, 0.1) is 18.4 Å². The van der Waals surface area contributed by atoms with Crippen molar-refractivity contribution in [1.29, 1.82) is 0 Å². The molecule has 26 heavy (non-hydrogen) atoms. The van der Waals surface area contributed by atoms with Gasteiger partial charge in [-0.1, -0.05) is 18.7 Å². The van der Waals surface area contributed by atoms with Gasteiger partial charge < -0.3 is 9.88 Å². The number of hydrogen-bond acceptors (Lipinski definition) is 4. The predicted molar refractivity (Wildman–Crippen MR) is 88.8 cm³/mol. The molecule has 6 nitrogen and oxygen atoms in total. The third-order valence-electron chi connectivity index (χ3n) is 3.71. The SMILES string of the molecule is C=CC(=O)NCc1nc(-c2ccc(C(F)(F)F)cc2)c2c(ncn2C)n1. The molecule has 134 valence electrons. The molecule has 2 aromatic heterocycles. The maximum Gasteiger partial charge on any atom is 0.416 e. The van der Waals surface area contributed by atoms with Crippen molar-refractivity contribution in [2.45, 2.75) is 12.7 Å². The minimum Gasteiger partial charge on any atom is -0.345 e. The molecule has 0 spiro atoms. The van der Waals surface area contributed by atoms with Gasteiger partial charge in [-0.2, -0.15) is 13.2 Å². The Morgan fingerprint density at radius 2 is 1.96 bits per heavy atom. The number of imidazole rings is 1. The van der Waals surface area contributed by atoms with Crippen molar-refractivity contribution in [3.8, 4) is 11.3 Å². The van der Waals surface area contributed by atoms with Gasteiger partial charge >= 0.3 is 6.18 Å². The molecule has 3 aromatic rings. The molecule has 3 rings (SSSR count). The number of alkyl halides is 3. The summed E-state index contributed by atoms with van der Waals surface area (Å²) in [4.78, 5) is 24.2. The van der Waals surface area contributed by atoms with E-state index in [0.29, 0.717) is 28.2 Å². The van der Waals surface area contributed by atoms with E-state index in [0.717, 1.165) is 18.2 Å². The van der Waals surface area contributed by atoms with Gasteiger partial charge in [-0.15, -0.1) is 0 Å². The van der Waals surface area contributed by atoms with E-state index >= 15 is 0 Å². The van der Waals surface area contributed by atoms with Gasteiger partial charge in [0.2, 0.25) is 5.91 Å². The highest BCUT2D eigenvalue weighted by Gasteiger charge is 2.30. The first-order valence-corrected chi connectivity index (χ1v) is 7.55. The first-order chi connectivity index (χ1) is 12.3. The molecular formula is C17H14F3N5O. The number of nitrogens with one attached hydrogen (secondary N) is 1. The van der Waals surface area contributed by atoms with Gasteiger partial charge in [-0.3, -0.25) is 4.79 Å². The van der Waals surface area contributed by atoms with E-state index in [2.05, 4.69) is 26.8 Å². The number of amides is 1. The van der Waals surface area contributed by atoms with Crippen molar-refractivity contribution in [3.05, 3.63) is 54.6 Å². The van der Waals surface area contributed by atoms with Crippen LogP contribution in [0.5, 0.6) is 0 Å². The van der Waals surface area contributed by atoms with E-state index < -0.39 is 11.7 Å². The summed E-state index contributed by atoms with van der Waals surface area (Å²) in [6.45, 7) is 3.41. The monoisotopic (exact) mass is 361 g/mol. The van der Waals surface area contributed by atoms with Crippen LogP contribution in [0.1, 0.15) is 11.4 Å². The highest BCUT2D eigenvalue weighted by molar-refractivity contribution is 5.88. The minimum atomic E-state index is -4.41. The van der Waals surface area contributed by atoms with Crippen LogP contribution in [0.4, 0.5) is 13.2 Å². The van der Waals surface area contributed by atoms with Crippen molar-refractivity contribution in [1.82, 2.24) is 24.8 Å². The summed E-state index contributed by atoms with van der Waals surface area (Å²) in [5.74, 6) is -0.0907. The second-order valence-electron chi connectivity index (χ2n) is 5.51. The summed E-state index contributed by atoms with van der Waals surface area (Å²) in [6.07, 6.45) is -1.75. The van der Waals surface area contributed by atoms with Crippen LogP contribution in [0.15, 0.2) is 43.2 Å². The number of halogens is 3. The molecule has 0 atom stereocenters. The van der Waals surface area contributed by atoms with Crippen LogP contribution in [0.25, 0.3) is 22.4 Å². The maximum absolute atomic E-state index is 12.8. The van der Waals surface area contributed by atoms with E-state index in [1.54, 1.807) is 17.9 Å². The molecule has 0 radical (unpaired) electrons. The van der Waals surface area contributed by atoms with Gasteiger partial charge in [0, 0.05) is 12.6 Å². The van der Waals surface area contributed by atoms with Crippen LogP contribution in [-0.4, -0.2) is 25.4 Å². The van der Waals surface area contributed by atoms with Crippen molar-refractivity contribution in [3.63, 3.8) is 0 Å². The Bertz CT molecular complexity index is 976. The molecule has 0 saturated carbocycles. The van der Waals surface area contributed by atoms with E-state index in [-0.39, 0.29) is 12.5 Å². The lowest BCUT2D eigenvalue weighted by atomic mass is 10.1. The van der Waals surface area contributed by atoms with Crippen LogP contribution >= 0.6 is 0 Å². The van der Waals surface area contributed by atoms with Gasteiger partial charge in [0.15, 0.2) is 11.5 Å². The third kappa shape index (κ3) is 3.41. The number of rotatable bonds is 4. The van der Waals surface area contributed by atoms with Gasteiger partial charge in [-0.25, -0.2) is 15.0 Å². The molecule has 2 heterocycles. The van der Waals surface area contributed by atoms with E-state index in [4.69, 9.17) is 0 Å². The van der Waals surface area contributed by atoms with Crippen molar-refractivity contribution >= 4 is 17.1 Å². The topological polar surface area (TPSA) is 72.7 Å². The van der Waals surface area contributed by atoms with E-state index in [1.807, 2.05) is 0 Å². The minimum absolute atomic E-state index is 0.0466. The predicted octanol–water partition coefficient (Wildman–Crippen LogP) is 2.85. The molecule has 1 N–H and O–H groups in total. The largest absolute Gasteiger partial charge is 0.416 e. The molecular weight excluding hydrogens is 347 g/mol. The average molecular weight is 361 g/mol. The van der Waals surface area contributed by atoms with Crippen molar-refractivity contribution < 1.29 is 18.0 Å². The third-order valence-corrected chi connectivity index (χ3v) is 3.71. The Morgan fingerprint density at radius 1 is 1.27 bits per heavy atom. The van der Waals surface area contributed by atoms with E-state index in [1.165, 1.54) is 12.1 Å². The quantitative estimate of drug-likeness (QED) is 0.726. The zero-order chi connectivity index (χ0) is 18.9. The van der Waals surface area contributed by atoms with Crippen molar-refractivity contribution in [2.75, 3.05) is 0 Å². The summed E-state index contributed by atoms with van der Waals surface area (Å²) < 4.78 is 40.0. The Balaban J connectivity index is 2.06. The molecule has 0 bridgehead atoms. The number of carbonyl (C=O) groups is 1. The van der Waals surface area contributed by atoms with Crippen LogP contribution < -0.4 is 5.32 Å². The standard InChI is InChI=1S/C17H14F3N5O/c1-3-13(26)21-8-12-23-14(15-16(24-12)22-9-25(15)2)10-4-6-11(7-5-10)17(18,19)20/h3-7,9H,1,8H2,2H3,(H,21,26). The lowest BCUT2D eigenvalue weighted by Gasteiger charge is -2.10. The number of fused-ring (bicyclic) bond motifs is 1. The fourth-order valence-electron chi connectivity index (χ4n) is 2.44. The molecule has 1 aromatic carbocycles. The summed E-state index contributed by atoms with van der Waals surface area (Å²) >= 11 is 0. The number of benzene rings is 1. The average Bonchev–Trinajstić information content (AvgIpc) is 2.99. The first kappa shape index (κ1) is 17.6. The molecule has 0 saturated heterocycles. The van der Waals surface area contributed by atoms with Gasteiger partial charge in [-0.05, 0) is 18.2 Å². The second-order valence-corrected chi connectivity index (χ2v) is 5.51. The highest BCUT2D eigenvalue weighted by Crippen LogP contribution is 2.32. The zero-order valence-electron chi connectivity index (χ0n) is 13.7. The zero-order valence-corrected chi connectivity index (χ0v) is 13.7. The Labute approximate surface area is 146 Å². The van der Waals surface area contributed by atoms with Crippen LogP contribution in [0.3, 0.4) is 0 Å². The normalized spacial score (nSPS) is 11.5. The highest BCUT2D eigenvalue weighted by atomic mass is 19.4. The van der Waals surface area contributed by atoms with Crippen LogP contribution in [-0.2, 0) is 24.6 Å². The fourth-order valence-corrected chi connectivity index (χ4v) is 2.44. The molecule has 0 aliphatic carbocycles.